The predicted molar refractivity (Wildman–Crippen MR) is 136 cm³/mol. The molecule has 2 aromatic heterocycles. The zero-order chi connectivity index (χ0) is 25.1. The maximum absolute atomic E-state index is 13.5. The van der Waals surface area contributed by atoms with Gasteiger partial charge in [0, 0.05) is 43.4 Å². The highest BCUT2D eigenvalue weighted by molar-refractivity contribution is 7.89. The van der Waals surface area contributed by atoms with Gasteiger partial charge < -0.3 is 4.90 Å². The number of nitrogens with zero attached hydrogens (tertiary/aromatic N) is 6. The molecule has 1 saturated heterocycles. The zero-order valence-electron chi connectivity index (χ0n) is 20.4. The van der Waals surface area contributed by atoms with Crippen LogP contribution in [0, 0.1) is 12.7 Å². The first-order valence-corrected chi connectivity index (χ1v) is 13.8. The Labute approximate surface area is 210 Å². The highest BCUT2D eigenvalue weighted by Gasteiger charge is 2.56. The van der Waals surface area contributed by atoms with Gasteiger partial charge in [-0.25, -0.2) is 17.5 Å². The summed E-state index contributed by atoms with van der Waals surface area (Å²) in [5.74, 6) is -0.279. The molecule has 0 atom stereocenters. The van der Waals surface area contributed by atoms with Crippen molar-refractivity contribution in [3.8, 4) is 5.69 Å². The number of aromatic nitrogens is 4. The third-order valence-corrected chi connectivity index (χ3v) is 9.32. The molecule has 1 aliphatic carbocycles. The first kappa shape index (κ1) is 23.2. The SMILES string of the molecule is CCCn1cc(S(=O)(=O)N2CCN(c3cc4cnn(-c5ccc(F)cc5)c4cc3C)CC23CC3)cn1. The van der Waals surface area contributed by atoms with Crippen LogP contribution >= 0.6 is 0 Å². The van der Waals surface area contributed by atoms with Crippen LogP contribution in [0.1, 0.15) is 31.7 Å². The van der Waals surface area contributed by atoms with Crippen LogP contribution in [0.25, 0.3) is 16.6 Å². The van der Waals surface area contributed by atoms with E-state index in [2.05, 4.69) is 34.2 Å². The smallest absolute Gasteiger partial charge is 0.246 e. The van der Waals surface area contributed by atoms with Gasteiger partial charge in [-0.05, 0) is 68.1 Å². The Balaban J connectivity index is 1.27. The van der Waals surface area contributed by atoms with Crippen molar-refractivity contribution >= 4 is 26.6 Å². The lowest BCUT2D eigenvalue weighted by molar-refractivity contribution is 0.271. The Morgan fingerprint density at radius 1 is 1.06 bits per heavy atom. The lowest BCUT2D eigenvalue weighted by Crippen LogP contribution is -2.57. The van der Waals surface area contributed by atoms with Crippen LogP contribution in [0.4, 0.5) is 10.1 Å². The molecule has 0 N–H and O–H groups in total. The van der Waals surface area contributed by atoms with Gasteiger partial charge in [-0.2, -0.15) is 14.5 Å². The van der Waals surface area contributed by atoms with Gasteiger partial charge in [0.1, 0.15) is 10.7 Å². The molecule has 0 bridgehead atoms. The van der Waals surface area contributed by atoms with E-state index in [1.54, 1.807) is 27.3 Å². The normalized spacial score (nSPS) is 17.8. The van der Waals surface area contributed by atoms with E-state index >= 15 is 0 Å². The Kier molecular flexibility index (Phi) is 5.42. The number of hydrogen-bond acceptors (Lipinski definition) is 5. The Morgan fingerprint density at radius 2 is 1.83 bits per heavy atom. The largest absolute Gasteiger partial charge is 0.368 e. The van der Waals surface area contributed by atoms with Crippen molar-refractivity contribution in [2.75, 3.05) is 24.5 Å². The molecule has 4 aromatic rings. The number of sulfonamides is 1. The summed E-state index contributed by atoms with van der Waals surface area (Å²) < 4.78 is 45.7. The first-order chi connectivity index (χ1) is 17.3. The Bertz CT molecular complexity index is 1540. The lowest BCUT2D eigenvalue weighted by atomic mass is 10.1. The molecule has 2 aliphatic rings. The molecule has 0 amide bonds. The van der Waals surface area contributed by atoms with Gasteiger partial charge in [-0.3, -0.25) is 4.68 Å². The number of fused-ring (bicyclic) bond motifs is 1. The summed E-state index contributed by atoms with van der Waals surface area (Å²) in [5, 5.41) is 9.77. The summed E-state index contributed by atoms with van der Waals surface area (Å²) in [5.41, 5.74) is 3.58. The van der Waals surface area contributed by atoms with E-state index in [1.807, 2.05) is 17.8 Å². The number of aryl methyl sites for hydroxylation is 2. The molecule has 188 valence electrons. The van der Waals surface area contributed by atoms with Crippen LogP contribution in [-0.2, 0) is 16.6 Å². The average molecular weight is 509 g/mol. The Morgan fingerprint density at radius 3 is 2.56 bits per heavy atom. The fourth-order valence-electron chi connectivity index (χ4n) is 5.35. The van der Waals surface area contributed by atoms with Crippen LogP contribution in [0.15, 0.2) is 59.9 Å². The molecule has 1 aliphatic heterocycles. The molecule has 2 aromatic carbocycles. The minimum absolute atomic E-state index is 0.279. The molecule has 8 nitrogen and oxygen atoms in total. The van der Waals surface area contributed by atoms with Crippen LogP contribution in [-0.4, -0.2) is 57.5 Å². The Hall–Kier alpha value is -3.24. The van der Waals surface area contributed by atoms with Crippen LogP contribution in [0.3, 0.4) is 0 Å². The molecule has 6 rings (SSSR count). The highest BCUT2D eigenvalue weighted by Crippen LogP contribution is 2.48. The zero-order valence-corrected chi connectivity index (χ0v) is 21.2. The summed E-state index contributed by atoms with van der Waals surface area (Å²) >= 11 is 0. The van der Waals surface area contributed by atoms with Crippen molar-refractivity contribution in [3.05, 3.63) is 66.4 Å². The van der Waals surface area contributed by atoms with E-state index in [0.717, 1.165) is 47.1 Å². The number of benzene rings is 2. The second-order valence-electron chi connectivity index (χ2n) is 9.89. The summed E-state index contributed by atoms with van der Waals surface area (Å²) in [6.45, 7) is 6.53. The quantitative estimate of drug-likeness (QED) is 0.392. The molecule has 1 spiro atoms. The second-order valence-corrected chi connectivity index (χ2v) is 11.8. The number of hydrogen-bond donors (Lipinski definition) is 0. The number of halogens is 1. The van der Waals surface area contributed by atoms with Gasteiger partial charge in [0.25, 0.3) is 0 Å². The fraction of sp³-hybridized carbons (Fsp3) is 0.385. The number of piperazine rings is 1. The summed E-state index contributed by atoms with van der Waals surface area (Å²) in [7, 11) is -3.60. The summed E-state index contributed by atoms with van der Waals surface area (Å²) in [6.07, 6.45) is 7.56. The van der Waals surface area contributed by atoms with Gasteiger partial charge in [0.05, 0.1) is 29.1 Å². The van der Waals surface area contributed by atoms with Crippen molar-refractivity contribution in [1.82, 2.24) is 23.9 Å². The first-order valence-electron chi connectivity index (χ1n) is 12.4. The molecule has 0 radical (unpaired) electrons. The molecular weight excluding hydrogens is 479 g/mol. The number of rotatable bonds is 6. The summed E-state index contributed by atoms with van der Waals surface area (Å²) in [6, 6.07) is 10.5. The molecular formula is C26H29FN6O2S. The van der Waals surface area contributed by atoms with E-state index in [1.165, 1.54) is 18.3 Å². The molecule has 36 heavy (non-hydrogen) atoms. The molecule has 3 heterocycles. The fourth-order valence-corrected chi connectivity index (χ4v) is 7.11. The molecule has 1 saturated carbocycles. The highest BCUT2D eigenvalue weighted by atomic mass is 32.2. The maximum atomic E-state index is 13.5. The van der Waals surface area contributed by atoms with Crippen LogP contribution in [0.2, 0.25) is 0 Å². The topological polar surface area (TPSA) is 76.3 Å². The van der Waals surface area contributed by atoms with Gasteiger partial charge >= 0.3 is 0 Å². The third kappa shape index (κ3) is 3.79. The van der Waals surface area contributed by atoms with Gasteiger partial charge in [0.2, 0.25) is 10.0 Å². The van der Waals surface area contributed by atoms with E-state index in [4.69, 9.17) is 0 Å². The van der Waals surface area contributed by atoms with E-state index in [9.17, 15) is 12.8 Å². The average Bonchev–Trinajstić information content (AvgIpc) is 3.26. The minimum atomic E-state index is -3.60. The van der Waals surface area contributed by atoms with Gasteiger partial charge in [0.15, 0.2) is 0 Å². The van der Waals surface area contributed by atoms with Gasteiger partial charge in [-0.1, -0.05) is 6.92 Å². The maximum Gasteiger partial charge on any atom is 0.246 e. The standard InChI is InChI=1S/C26H29FN6O2S/c1-3-10-31-17-23(16-28-31)36(34,35)32-12-11-30(18-26(32)8-9-26)24-14-20-15-29-33(25(20)13-19(24)2)22-6-4-21(27)5-7-22/h4-7,13-17H,3,8-12,18H2,1-2H3. The van der Waals surface area contributed by atoms with Gasteiger partial charge in [-0.15, -0.1) is 0 Å². The summed E-state index contributed by atoms with van der Waals surface area (Å²) in [4.78, 5) is 2.59. The molecule has 0 unspecified atom stereocenters. The van der Waals surface area contributed by atoms with E-state index < -0.39 is 10.0 Å². The third-order valence-electron chi connectivity index (χ3n) is 7.36. The predicted octanol–water partition coefficient (Wildman–Crippen LogP) is 4.12. The van der Waals surface area contributed by atoms with E-state index in [0.29, 0.717) is 26.2 Å². The van der Waals surface area contributed by atoms with E-state index in [-0.39, 0.29) is 16.3 Å². The van der Waals surface area contributed by atoms with Crippen molar-refractivity contribution < 1.29 is 12.8 Å². The second kappa shape index (κ2) is 8.41. The number of anilines is 1. The minimum Gasteiger partial charge on any atom is -0.368 e. The van der Waals surface area contributed by atoms with Crippen molar-refractivity contribution in [1.29, 1.82) is 0 Å². The van der Waals surface area contributed by atoms with Crippen molar-refractivity contribution in [3.63, 3.8) is 0 Å². The molecule has 2 fully saturated rings. The van der Waals surface area contributed by atoms with Crippen molar-refractivity contribution in [2.24, 2.45) is 0 Å². The monoisotopic (exact) mass is 508 g/mol. The lowest BCUT2D eigenvalue weighted by Gasteiger charge is -2.42. The van der Waals surface area contributed by atoms with Crippen molar-refractivity contribution in [2.45, 2.75) is 50.1 Å². The van der Waals surface area contributed by atoms with Crippen LogP contribution < -0.4 is 4.90 Å². The van der Waals surface area contributed by atoms with Crippen LogP contribution in [0.5, 0.6) is 0 Å². The molecule has 10 heteroatoms.